The molecule has 104 valence electrons. The van der Waals surface area contributed by atoms with E-state index >= 15 is 0 Å². The molecule has 0 radical (unpaired) electrons. The van der Waals surface area contributed by atoms with Gasteiger partial charge in [0.15, 0.2) is 6.39 Å². The minimum atomic E-state index is -0.779. The number of hydrogen-bond acceptors (Lipinski definition) is 4. The minimum absolute atomic E-state index is 0.479. The van der Waals surface area contributed by atoms with Crippen LogP contribution in [0.25, 0.3) is 0 Å². The summed E-state index contributed by atoms with van der Waals surface area (Å²) in [5.74, 6) is -0.470. The van der Waals surface area contributed by atoms with Crippen molar-refractivity contribution in [1.82, 2.24) is 9.88 Å². The molecule has 5 heteroatoms. The quantitative estimate of drug-likeness (QED) is 0.927. The molecule has 0 aliphatic carbocycles. The van der Waals surface area contributed by atoms with Crippen LogP contribution in [0.4, 0.5) is 0 Å². The Hall–Kier alpha value is -2.14. The summed E-state index contributed by atoms with van der Waals surface area (Å²) < 4.78 is 5.20. The smallest absolute Gasteiger partial charge is 0.312 e. The van der Waals surface area contributed by atoms with E-state index in [0.717, 1.165) is 29.1 Å². The van der Waals surface area contributed by atoms with Crippen LogP contribution < -0.4 is 0 Å². The molecule has 0 amide bonds. The monoisotopic (exact) mass is 272 g/mol. The zero-order chi connectivity index (χ0) is 14.1. The second-order valence-corrected chi connectivity index (χ2v) is 5.11. The Labute approximate surface area is 116 Å². The van der Waals surface area contributed by atoms with E-state index < -0.39 is 11.9 Å². The van der Waals surface area contributed by atoms with Crippen LogP contribution in [-0.4, -0.2) is 27.5 Å². The van der Waals surface area contributed by atoms with Crippen LogP contribution in [0.2, 0.25) is 0 Å². The highest BCUT2D eigenvalue weighted by molar-refractivity contribution is 5.77. The number of aryl methyl sites for hydroxylation is 1. The van der Waals surface area contributed by atoms with Crippen molar-refractivity contribution in [2.24, 2.45) is 0 Å². The first-order chi connectivity index (χ1) is 9.65. The summed E-state index contributed by atoms with van der Waals surface area (Å²) in [6, 6.07) is 7.74. The summed E-state index contributed by atoms with van der Waals surface area (Å²) in [6.07, 6.45) is 1.43. The molecule has 0 saturated heterocycles. The zero-order valence-electron chi connectivity index (χ0n) is 11.2. The largest absolute Gasteiger partial charge is 0.481 e. The summed E-state index contributed by atoms with van der Waals surface area (Å²) in [7, 11) is 0. The lowest BCUT2D eigenvalue weighted by Gasteiger charge is -2.32. The number of carboxylic acid groups (broad SMARTS) is 1. The molecule has 3 rings (SSSR count). The Balaban J connectivity index is 1.86. The Morgan fingerprint density at radius 3 is 3.00 bits per heavy atom. The first-order valence-corrected chi connectivity index (χ1v) is 6.57. The fourth-order valence-electron chi connectivity index (χ4n) is 2.70. The van der Waals surface area contributed by atoms with Gasteiger partial charge in [-0.25, -0.2) is 4.98 Å². The normalized spacial score (nSPS) is 18.8. The molecule has 1 atom stereocenters. The van der Waals surface area contributed by atoms with Crippen LogP contribution in [-0.2, 0) is 17.9 Å². The number of rotatable bonds is 3. The molecular weight excluding hydrogens is 256 g/mol. The van der Waals surface area contributed by atoms with Crippen molar-refractivity contribution in [3.63, 3.8) is 0 Å². The molecular formula is C15H16N2O3. The van der Waals surface area contributed by atoms with Gasteiger partial charge < -0.3 is 9.52 Å². The van der Waals surface area contributed by atoms with E-state index in [2.05, 4.69) is 9.88 Å². The summed E-state index contributed by atoms with van der Waals surface area (Å²) in [4.78, 5) is 17.8. The van der Waals surface area contributed by atoms with E-state index in [1.165, 1.54) is 6.39 Å². The fourth-order valence-corrected chi connectivity index (χ4v) is 2.70. The van der Waals surface area contributed by atoms with Crippen LogP contribution in [0.1, 0.15) is 28.5 Å². The molecule has 0 spiro atoms. The summed E-state index contributed by atoms with van der Waals surface area (Å²) in [6.45, 7) is 3.72. The van der Waals surface area contributed by atoms with Gasteiger partial charge in [-0.15, -0.1) is 0 Å². The standard InChI is InChI=1S/C15H16N2O3/c1-10-14(16-9-20-10)8-17-6-11-4-2-3-5-12(11)13(7-17)15(18)19/h2-5,9,13H,6-8H2,1H3,(H,18,19). The number of oxazole rings is 1. The van der Waals surface area contributed by atoms with Gasteiger partial charge in [-0.2, -0.15) is 0 Å². The molecule has 1 aromatic carbocycles. The van der Waals surface area contributed by atoms with Gasteiger partial charge >= 0.3 is 5.97 Å². The third-order valence-corrected chi connectivity index (χ3v) is 3.78. The average molecular weight is 272 g/mol. The van der Waals surface area contributed by atoms with E-state index in [-0.39, 0.29) is 0 Å². The highest BCUT2D eigenvalue weighted by atomic mass is 16.4. The van der Waals surface area contributed by atoms with Crippen molar-refractivity contribution in [2.45, 2.75) is 25.9 Å². The molecule has 0 fully saturated rings. The van der Waals surface area contributed by atoms with Crippen molar-refractivity contribution >= 4 is 5.97 Å². The van der Waals surface area contributed by atoms with Crippen LogP contribution in [0.3, 0.4) is 0 Å². The van der Waals surface area contributed by atoms with Gasteiger partial charge in [-0.05, 0) is 18.1 Å². The minimum Gasteiger partial charge on any atom is -0.481 e. The van der Waals surface area contributed by atoms with Crippen molar-refractivity contribution < 1.29 is 14.3 Å². The second kappa shape index (κ2) is 5.09. The molecule has 5 nitrogen and oxygen atoms in total. The van der Waals surface area contributed by atoms with E-state index in [1.54, 1.807) is 0 Å². The topological polar surface area (TPSA) is 66.6 Å². The highest BCUT2D eigenvalue weighted by Crippen LogP contribution is 2.29. The third-order valence-electron chi connectivity index (χ3n) is 3.78. The summed E-state index contributed by atoms with van der Waals surface area (Å²) in [5, 5.41) is 9.42. The molecule has 20 heavy (non-hydrogen) atoms. The highest BCUT2D eigenvalue weighted by Gasteiger charge is 2.30. The lowest BCUT2D eigenvalue weighted by Crippen LogP contribution is -2.36. The third kappa shape index (κ3) is 2.32. The number of fused-ring (bicyclic) bond motifs is 1. The molecule has 0 saturated carbocycles. The first kappa shape index (κ1) is 12.9. The van der Waals surface area contributed by atoms with Gasteiger partial charge in [0.05, 0.1) is 11.6 Å². The summed E-state index contributed by atoms with van der Waals surface area (Å²) >= 11 is 0. The van der Waals surface area contributed by atoms with Crippen molar-refractivity contribution in [2.75, 3.05) is 6.54 Å². The number of aromatic nitrogens is 1. The number of carbonyl (C=O) groups is 1. The van der Waals surface area contributed by atoms with Crippen molar-refractivity contribution in [1.29, 1.82) is 0 Å². The van der Waals surface area contributed by atoms with E-state index in [0.29, 0.717) is 13.1 Å². The predicted octanol–water partition coefficient (Wildman–Crippen LogP) is 2.17. The molecule has 1 aromatic heterocycles. The molecule has 0 bridgehead atoms. The first-order valence-electron chi connectivity index (χ1n) is 6.57. The maximum absolute atomic E-state index is 11.5. The number of aliphatic carboxylic acids is 1. The van der Waals surface area contributed by atoms with Crippen LogP contribution in [0, 0.1) is 6.92 Å². The molecule has 1 unspecified atom stereocenters. The Kier molecular flexibility index (Phi) is 3.28. The van der Waals surface area contributed by atoms with Crippen molar-refractivity contribution in [3.05, 3.63) is 53.2 Å². The fraction of sp³-hybridized carbons (Fsp3) is 0.333. The zero-order valence-corrected chi connectivity index (χ0v) is 11.2. The van der Waals surface area contributed by atoms with Gasteiger partial charge in [-0.3, -0.25) is 9.69 Å². The average Bonchev–Trinajstić information content (AvgIpc) is 2.83. The van der Waals surface area contributed by atoms with Crippen LogP contribution in [0.5, 0.6) is 0 Å². The van der Waals surface area contributed by atoms with E-state index in [1.807, 2.05) is 31.2 Å². The number of benzene rings is 1. The second-order valence-electron chi connectivity index (χ2n) is 5.11. The molecule has 1 aliphatic rings. The van der Waals surface area contributed by atoms with E-state index in [9.17, 15) is 9.90 Å². The van der Waals surface area contributed by atoms with Gasteiger partial charge in [0.25, 0.3) is 0 Å². The van der Waals surface area contributed by atoms with Gasteiger partial charge in [0, 0.05) is 19.6 Å². The van der Waals surface area contributed by atoms with Gasteiger partial charge in [0.1, 0.15) is 5.76 Å². The number of hydrogen-bond donors (Lipinski definition) is 1. The van der Waals surface area contributed by atoms with Crippen molar-refractivity contribution in [3.8, 4) is 0 Å². The Morgan fingerprint density at radius 1 is 1.50 bits per heavy atom. The number of nitrogens with zero attached hydrogens (tertiary/aromatic N) is 2. The lowest BCUT2D eigenvalue weighted by atomic mass is 9.90. The van der Waals surface area contributed by atoms with Crippen LogP contribution >= 0.6 is 0 Å². The Bertz CT molecular complexity index is 636. The van der Waals surface area contributed by atoms with Gasteiger partial charge in [0.2, 0.25) is 0 Å². The van der Waals surface area contributed by atoms with Crippen LogP contribution in [0.15, 0.2) is 35.1 Å². The molecule has 1 N–H and O–H groups in total. The van der Waals surface area contributed by atoms with Gasteiger partial charge in [-0.1, -0.05) is 24.3 Å². The molecule has 1 aliphatic heterocycles. The number of carboxylic acids is 1. The maximum atomic E-state index is 11.5. The predicted molar refractivity (Wildman–Crippen MR) is 72.2 cm³/mol. The molecule has 2 heterocycles. The lowest BCUT2D eigenvalue weighted by molar-refractivity contribution is -0.139. The summed E-state index contributed by atoms with van der Waals surface area (Å²) in [5.41, 5.74) is 2.87. The maximum Gasteiger partial charge on any atom is 0.312 e. The van der Waals surface area contributed by atoms with E-state index in [4.69, 9.17) is 4.42 Å². The Morgan fingerprint density at radius 2 is 2.30 bits per heavy atom. The SMILES string of the molecule is Cc1ocnc1CN1Cc2ccccc2C(C(=O)O)C1. The molecule has 2 aromatic rings.